The number of anilines is 1. The highest BCUT2D eigenvalue weighted by Gasteiger charge is 2.33. The van der Waals surface area contributed by atoms with Crippen LogP contribution in [0.3, 0.4) is 0 Å². The zero-order chi connectivity index (χ0) is 17.5. The first-order chi connectivity index (χ1) is 11.3. The monoisotopic (exact) mass is 351 g/mol. The largest absolute Gasteiger partial charge is 0.328 e. The number of hydrogen-bond donors (Lipinski definition) is 1. The van der Waals surface area contributed by atoms with Crippen LogP contribution in [0.5, 0.6) is 0 Å². The van der Waals surface area contributed by atoms with E-state index < -0.39 is 10.0 Å². The summed E-state index contributed by atoms with van der Waals surface area (Å²) in [5.41, 5.74) is 7.72. The van der Waals surface area contributed by atoms with E-state index in [1.165, 1.54) is 6.92 Å². The lowest BCUT2D eigenvalue weighted by atomic mass is 9.93. The number of carbonyl (C=O) groups excluding carboxylic acids is 1. The van der Waals surface area contributed by atoms with Crippen LogP contribution in [0.4, 0.5) is 5.69 Å². The van der Waals surface area contributed by atoms with E-state index in [4.69, 9.17) is 5.73 Å². The summed E-state index contributed by atoms with van der Waals surface area (Å²) in [6.45, 7) is 5.05. The lowest BCUT2D eigenvalue weighted by Crippen LogP contribution is -2.44. The maximum Gasteiger partial charge on any atom is 0.243 e. The highest BCUT2D eigenvalue weighted by atomic mass is 32.2. The lowest BCUT2D eigenvalue weighted by Gasteiger charge is -2.33. The number of nitrogens with zero attached hydrogens (tertiary/aromatic N) is 2. The van der Waals surface area contributed by atoms with Gasteiger partial charge < -0.3 is 10.6 Å². The molecule has 1 aromatic rings. The number of fused-ring (bicyclic) bond motifs is 1. The van der Waals surface area contributed by atoms with Crippen molar-refractivity contribution in [2.45, 2.75) is 44.0 Å². The third kappa shape index (κ3) is 3.08. The molecule has 24 heavy (non-hydrogen) atoms. The van der Waals surface area contributed by atoms with Crippen molar-refractivity contribution in [1.82, 2.24) is 4.31 Å². The smallest absolute Gasteiger partial charge is 0.243 e. The standard InChI is InChI=1S/C17H25N3O3S/c1-12(18)15-4-3-8-19(11-15)24(22,23)16-6-5-14-7-9-20(13(2)21)17(14)10-16/h5-6,10,12,15H,3-4,7-9,11,18H2,1-2H3. The quantitative estimate of drug-likeness (QED) is 0.891. The fourth-order valence-corrected chi connectivity index (χ4v) is 5.17. The number of rotatable bonds is 3. The summed E-state index contributed by atoms with van der Waals surface area (Å²) in [7, 11) is -3.56. The predicted molar refractivity (Wildman–Crippen MR) is 93.3 cm³/mol. The lowest BCUT2D eigenvalue weighted by molar-refractivity contribution is -0.116. The van der Waals surface area contributed by atoms with Gasteiger partial charge in [-0.25, -0.2) is 8.42 Å². The first-order valence-electron chi connectivity index (χ1n) is 8.47. The summed E-state index contributed by atoms with van der Waals surface area (Å²) in [6.07, 6.45) is 2.56. The average Bonchev–Trinajstić information content (AvgIpc) is 2.98. The predicted octanol–water partition coefficient (Wildman–Crippen LogP) is 1.34. The van der Waals surface area contributed by atoms with Gasteiger partial charge in [-0.05, 0) is 49.8 Å². The highest BCUT2D eigenvalue weighted by molar-refractivity contribution is 7.89. The molecule has 1 saturated heterocycles. The zero-order valence-electron chi connectivity index (χ0n) is 14.2. The number of piperidine rings is 1. The molecule has 1 fully saturated rings. The fourth-order valence-electron chi connectivity index (χ4n) is 3.62. The second-order valence-corrected chi connectivity index (χ2v) is 8.77. The Morgan fingerprint density at radius 2 is 2.08 bits per heavy atom. The number of nitrogens with two attached hydrogens (primary N) is 1. The Hall–Kier alpha value is -1.44. The molecule has 7 heteroatoms. The molecule has 0 radical (unpaired) electrons. The van der Waals surface area contributed by atoms with Crippen molar-refractivity contribution in [1.29, 1.82) is 0 Å². The highest BCUT2D eigenvalue weighted by Crippen LogP contribution is 2.32. The van der Waals surface area contributed by atoms with Crippen LogP contribution >= 0.6 is 0 Å². The maximum absolute atomic E-state index is 13.0. The van der Waals surface area contributed by atoms with Crippen molar-refractivity contribution in [2.75, 3.05) is 24.5 Å². The van der Waals surface area contributed by atoms with Crippen LogP contribution in [0, 0.1) is 5.92 Å². The van der Waals surface area contributed by atoms with E-state index in [9.17, 15) is 13.2 Å². The molecule has 0 aliphatic carbocycles. The first-order valence-corrected chi connectivity index (χ1v) is 9.91. The summed E-state index contributed by atoms with van der Waals surface area (Å²) in [4.78, 5) is 13.7. The Labute approximate surface area is 143 Å². The van der Waals surface area contributed by atoms with Crippen molar-refractivity contribution in [3.8, 4) is 0 Å². The minimum Gasteiger partial charge on any atom is -0.328 e. The van der Waals surface area contributed by atoms with Gasteiger partial charge in [-0.1, -0.05) is 6.07 Å². The van der Waals surface area contributed by atoms with E-state index in [0.717, 1.165) is 30.5 Å². The second kappa shape index (κ2) is 6.46. The van der Waals surface area contributed by atoms with Crippen molar-refractivity contribution < 1.29 is 13.2 Å². The van der Waals surface area contributed by atoms with Crippen LogP contribution in [0.25, 0.3) is 0 Å². The Kier molecular flexibility index (Phi) is 4.68. The Morgan fingerprint density at radius 3 is 2.75 bits per heavy atom. The average molecular weight is 351 g/mol. The molecular weight excluding hydrogens is 326 g/mol. The third-order valence-corrected chi connectivity index (χ3v) is 7.00. The van der Waals surface area contributed by atoms with E-state index in [2.05, 4.69) is 0 Å². The second-order valence-electron chi connectivity index (χ2n) is 6.84. The van der Waals surface area contributed by atoms with E-state index in [1.807, 2.05) is 13.0 Å². The summed E-state index contributed by atoms with van der Waals surface area (Å²) in [5.74, 6) is 0.134. The molecule has 2 N–H and O–H groups in total. The molecule has 0 spiro atoms. The molecule has 2 atom stereocenters. The van der Waals surface area contributed by atoms with Crippen LogP contribution in [-0.2, 0) is 21.2 Å². The van der Waals surface area contributed by atoms with Gasteiger partial charge in [0.25, 0.3) is 0 Å². The van der Waals surface area contributed by atoms with Gasteiger partial charge in [-0.15, -0.1) is 0 Å². The van der Waals surface area contributed by atoms with Crippen LogP contribution in [0.1, 0.15) is 32.3 Å². The first kappa shape index (κ1) is 17.4. The SMILES string of the molecule is CC(=O)N1CCc2ccc(S(=O)(=O)N3CCCC(C(C)N)C3)cc21. The molecule has 0 aromatic heterocycles. The van der Waals surface area contributed by atoms with Crippen LogP contribution in [0.15, 0.2) is 23.1 Å². The number of benzene rings is 1. The molecule has 2 unspecified atom stereocenters. The minimum absolute atomic E-state index is 0.0174. The number of sulfonamides is 1. The van der Waals surface area contributed by atoms with Gasteiger partial charge in [-0.2, -0.15) is 4.31 Å². The topological polar surface area (TPSA) is 83.7 Å². The van der Waals surface area contributed by atoms with Gasteiger partial charge in [0.15, 0.2) is 0 Å². The number of amides is 1. The number of hydrogen-bond acceptors (Lipinski definition) is 4. The summed E-state index contributed by atoms with van der Waals surface area (Å²) in [6, 6.07) is 5.12. The molecule has 1 aromatic carbocycles. The molecular formula is C17H25N3O3S. The van der Waals surface area contributed by atoms with Crippen molar-refractivity contribution in [3.05, 3.63) is 23.8 Å². The molecule has 2 aliphatic heterocycles. The van der Waals surface area contributed by atoms with Crippen molar-refractivity contribution >= 4 is 21.6 Å². The van der Waals surface area contributed by atoms with Crippen molar-refractivity contribution in [3.63, 3.8) is 0 Å². The molecule has 2 aliphatic rings. The molecule has 0 saturated carbocycles. The van der Waals surface area contributed by atoms with Crippen LogP contribution in [-0.4, -0.2) is 44.3 Å². The minimum atomic E-state index is -3.56. The maximum atomic E-state index is 13.0. The normalized spacial score (nSPS) is 23.1. The van der Waals surface area contributed by atoms with E-state index >= 15 is 0 Å². The zero-order valence-corrected chi connectivity index (χ0v) is 15.1. The van der Waals surface area contributed by atoms with Gasteiger partial charge in [-0.3, -0.25) is 4.79 Å². The van der Waals surface area contributed by atoms with Gasteiger partial charge in [0, 0.05) is 38.3 Å². The molecule has 132 valence electrons. The molecule has 3 rings (SSSR count). The third-order valence-electron chi connectivity index (χ3n) is 5.13. The fraction of sp³-hybridized carbons (Fsp3) is 0.588. The summed E-state index contributed by atoms with van der Waals surface area (Å²) in [5, 5.41) is 0. The summed E-state index contributed by atoms with van der Waals surface area (Å²) < 4.78 is 27.6. The van der Waals surface area contributed by atoms with Gasteiger partial charge in [0.05, 0.1) is 4.90 Å². The van der Waals surface area contributed by atoms with Gasteiger partial charge in [0.2, 0.25) is 15.9 Å². The molecule has 6 nitrogen and oxygen atoms in total. The van der Waals surface area contributed by atoms with Gasteiger partial charge >= 0.3 is 0 Å². The molecule has 1 amide bonds. The Morgan fingerprint density at radius 1 is 1.33 bits per heavy atom. The number of carbonyl (C=O) groups is 1. The van der Waals surface area contributed by atoms with E-state index in [1.54, 1.807) is 21.3 Å². The van der Waals surface area contributed by atoms with Crippen LogP contribution < -0.4 is 10.6 Å². The Balaban J connectivity index is 1.91. The van der Waals surface area contributed by atoms with E-state index in [-0.39, 0.29) is 22.8 Å². The van der Waals surface area contributed by atoms with Crippen LogP contribution in [0.2, 0.25) is 0 Å². The molecule has 0 bridgehead atoms. The van der Waals surface area contributed by atoms with Crippen molar-refractivity contribution in [2.24, 2.45) is 11.7 Å². The Bertz CT molecular complexity index is 745. The summed E-state index contributed by atoms with van der Waals surface area (Å²) >= 11 is 0. The van der Waals surface area contributed by atoms with Gasteiger partial charge in [0.1, 0.15) is 0 Å². The molecule has 2 heterocycles. The van der Waals surface area contributed by atoms with E-state index in [0.29, 0.717) is 19.6 Å².